The molecule has 0 amide bonds. The smallest absolute Gasteiger partial charge is 0.416 e. The first kappa shape index (κ1) is 20.3. The molecule has 2 aromatic carbocycles. The highest BCUT2D eigenvalue weighted by molar-refractivity contribution is 5.74. The minimum absolute atomic E-state index is 0.168. The van der Waals surface area contributed by atoms with Gasteiger partial charge in [0.2, 0.25) is 0 Å². The van der Waals surface area contributed by atoms with Crippen LogP contribution in [0.25, 0.3) is 11.1 Å². The third kappa shape index (κ3) is 4.79. The van der Waals surface area contributed by atoms with Gasteiger partial charge in [0.25, 0.3) is 0 Å². The average molecular weight is 365 g/mol. The van der Waals surface area contributed by atoms with Gasteiger partial charge in [-0.25, -0.2) is 0 Å². The predicted octanol–water partition coefficient (Wildman–Crippen LogP) is 6.00. The number of ether oxygens (including phenoxy) is 1. The second kappa shape index (κ2) is 8.12. The molecule has 0 saturated heterocycles. The molecule has 0 heterocycles. The molecular weight excluding hydrogens is 339 g/mol. The molecule has 2 nitrogen and oxygen atoms in total. The van der Waals surface area contributed by atoms with E-state index < -0.39 is 11.7 Å². The van der Waals surface area contributed by atoms with Crippen LogP contribution >= 0.6 is 0 Å². The molecule has 1 N–H and O–H groups in total. The van der Waals surface area contributed by atoms with Crippen molar-refractivity contribution < 1.29 is 17.9 Å². The van der Waals surface area contributed by atoms with Crippen LogP contribution < -0.4 is 10.1 Å². The van der Waals surface area contributed by atoms with Gasteiger partial charge in [0.05, 0.1) is 12.7 Å². The van der Waals surface area contributed by atoms with Crippen LogP contribution in [0.4, 0.5) is 13.2 Å². The molecular formula is C21H26F3NO. The molecule has 0 saturated carbocycles. The van der Waals surface area contributed by atoms with Crippen molar-refractivity contribution in [3.8, 4) is 16.9 Å². The Morgan fingerprint density at radius 1 is 0.962 bits per heavy atom. The normalized spacial score (nSPS) is 12.1. The summed E-state index contributed by atoms with van der Waals surface area (Å²) in [6, 6.07) is 9.95. The molecule has 142 valence electrons. The van der Waals surface area contributed by atoms with Gasteiger partial charge in [0.15, 0.2) is 0 Å². The van der Waals surface area contributed by atoms with Gasteiger partial charge in [-0.05, 0) is 46.9 Å². The van der Waals surface area contributed by atoms with Gasteiger partial charge in [0.1, 0.15) is 5.75 Å². The molecule has 0 unspecified atom stereocenters. The largest absolute Gasteiger partial charge is 0.496 e. The summed E-state index contributed by atoms with van der Waals surface area (Å²) < 4.78 is 45.0. The molecule has 5 heteroatoms. The maximum Gasteiger partial charge on any atom is 0.416 e. The number of alkyl halides is 3. The lowest BCUT2D eigenvalue weighted by Crippen LogP contribution is -2.22. The highest BCUT2D eigenvalue weighted by Gasteiger charge is 2.31. The third-order valence-electron chi connectivity index (χ3n) is 4.31. The Morgan fingerprint density at radius 2 is 1.65 bits per heavy atom. The number of halogens is 3. The summed E-state index contributed by atoms with van der Waals surface area (Å²) >= 11 is 0. The lowest BCUT2D eigenvalue weighted by Gasteiger charge is -2.19. The molecule has 0 spiro atoms. The Bertz CT molecular complexity index is 751. The third-order valence-corrected chi connectivity index (χ3v) is 4.31. The Morgan fingerprint density at radius 3 is 2.19 bits per heavy atom. The maximum atomic E-state index is 13.2. The second-order valence-electron chi connectivity index (χ2n) is 7.02. The van der Waals surface area contributed by atoms with Crippen LogP contribution in [0.2, 0.25) is 0 Å². The van der Waals surface area contributed by atoms with Crippen LogP contribution in [0, 0.1) is 0 Å². The first-order valence-electron chi connectivity index (χ1n) is 8.75. The topological polar surface area (TPSA) is 21.3 Å². The lowest BCUT2D eigenvalue weighted by atomic mass is 9.92. The molecule has 26 heavy (non-hydrogen) atoms. The van der Waals surface area contributed by atoms with E-state index in [4.69, 9.17) is 4.74 Å². The van der Waals surface area contributed by atoms with E-state index in [0.29, 0.717) is 23.8 Å². The minimum atomic E-state index is -4.37. The number of hydrogen-bond donors (Lipinski definition) is 1. The summed E-state index contributed by atoms with van der Waals surface area (Å²) in [5.74, 6) is 0.964. The number of rotatable bonds is 6. The molecule has 2 rings (SSSR count). The summed E-state index contributed by atoms with van der Waals surface area (Å²) in [5, 5.41) is 3.22. The van der Waals surface area contributed by atoms with Crippen LogP contribution in [-0.4, -0.2) is 13.2 Å². The van der Waals surface area contributed by atoms with E-state index in [0.717, 1.165) is 22.8 Å². The van der Waals surface area contributed by atoms with Crippen molar-refractivity contribution >= 4 is 0 Å². The van der Waals surface area contributed by atoms with Gasteiger partial charge in [-0.1, -0.05) is 39.8 Å². The molecule has 0 bridgehead atoms. The summed E-state index contributed by atoms with van der Waals surface area (Å²) in [5.41, 5.74) is 2.65. The van der Waals surface area contributed by atoms with Crippen molar-refractivity contribution in [1.29, 1.82) is 0 Å². The molecule has 2 aromatic rings. The van der Waals surface area contributed by atoms with Crippen molar-refractivity contribution in [2.45, 2.75) is 52.4 Å². The summed E-state index contributed by atoms with van der Waals surface area (Å²) in [4.78, 5) is 0. The Labute approximate surface area is 153 Å². The van der Waals surface area contributed by atoms with Crippen molar-refractivity contribution in [2.24, 2.45) is 0 Å². The first-order valence-corrected chi connectivity index (χ1v) is 8.75. The van der Waals surface area contributed by atoms with E-state index in [1.807, 2.05) is 32.0 Å². The van der Waals surface area contributed by atoms with Crippen molar-refractivity contribution in [3.05, 3.63) is 53.1 Å². The van der Waals surface area contributed by atoms with Gasteiger partial charge < -0.3 is 10.1 Å². The predicted molar refractivity (Wildman–Crippen MR) is 99.5 cm³/mol. The average Bonchev–Trinajstić information content (AvgIpc) is 2.58. The van der Waals surface area contributed by atoms with E-state index in [-0.39, 0.29) is 6.04 Å². The fraction of sp³-hybridized carbons (Fsp3) is 0.429. The van der Waals surface area contributed by atoms with Crippen molar-refractivity contribution in [3.63, 3.8) is 0 Å². The maximum absolute atomic E-state index is 13.2. The van der Waals surface area contributed by atoms with Gasteiger partial charge >= 0.3 is 6.18 Å². The van der Waals surface area contributed by atoms with Gasteiger partial charge in [-0.3, -0.25) is 0 Å². The van der Waals surface area contributed by atoms with Crippen LogP contribution in [-0.2, 0) is 12.7 Å². The summed E-state index contributed by atoms with van der Waals surface area (Å²) in [7, 11) is 1.57. The van der Waals surface area contributed by atoms with Crippen LogP contribution in [0.1, 0.15) is 50.3 Å². The zero-order chi connectivity index (χ0) is 19.5. The van der Waals surface area contributed by atoms with Crippen molar-refractivity contribution in [2.75, 3.05) is 7.11 Å². The zero-order valence-electron chi connectivity index (χ0n) is 15.9. The van der Waals surface area contributed by atoms with Gasteiger partial charge in [0, 0.05) is 18.2 Å². The highest BCUT2D eigenvalue weighted by Crippen LogP contribution is 2.38. The molecule has 0 atom stereocenters. The Kier molecular flexibility index (Phi) is 6.34. The number of hydrogen-bond acceptors (Lipinski definition) is 2. The number of benzene rings is 2. The van der Waals surface area contributed by atoms with Crippen molar-refractivity contribution in [1.82, 2.24) is 5.32 Å². The fourth-order valence-electron chi connectivity index (χ4n) is 2.79. The lowest BCUT2D eigenvalue weighted by molar-refractivity contribution is -0.137. The van der Waals surface area contributed by atoms with E-state index >= 15 is 0 Å². The molecule has 0 aliphatic heterocycles. The number of nitrogens with one attached hydrogen (secondary N) is 1. The van der Waals surface area contributed by atoms with Crippen LogP contribution in [0.3, 0.4) is 0 Å². The Balaban J connectivity index is 2.62. The van der Waals surface area contributed by atoms with Gasteiger partial charge in [-0.15, -0.1) is 0 Å². The molecule has 0 radical (unpaired) electrons. The Hall–Kier alpha value is -2.01. The highest BCUT2D eigenvalue weighted by atomic mass is 19.4. The quantitative estimate of drug-likeness (QED) is 0.678. The van der Waals surface area contributed by atoms with E-state index in [1.54, 1.807) is 13.2 Å². The molecule has 0 aromatic heterocycles. The summed E-state index contributed by atoms with van der Waals surface area (Å²) in [6.07, 6.45) is -4.37. The van der Waals surface area contributed by atoms with Crippen LogP contribution in [0.5, 0.6) is 5.75 Å². The van der Waals surface area contributed by atoms with E-state index in [1.165, 1.54) is 6.07 Å². The van der Waals surface area contributed by atoms with E-state index in [2.05, 4.69) is 19.2 Å². The second-order valence-corrected chi connectivity index (χ2v) is 7.02. The van der Waals surface area contributed by atoms with Gasteiger partial charge in [-0.2, -0.15) is 13.2 Å². The standard InChI is InChI=1S/C21H26F3NO/c1-13(2)15-6-9-20(26-5)19(11-15)18-8-7-17(21(22,23)24)10-16(18)12-25-14(3)4/h6-11,13-14,25H,12H2,1-5H3. The number of methoxy groups -OCH3 is 1. The summed E-state index contributed by atoms with van der Waals surface area (Å²) in [6.45, 7) is 8.45. The molecule has 0 aliphatic carbocycles. The SMILES string of the molecule is COc1ccc(C(C)C)cc1-c1ccc(C(F)(F)F)cc1CNC(C)C. The van der Waals surface area contributed by atoms with Crippen LogP contribution in [0.15, 0.2) is 36.4 Å². The van der Waals surface area contributed by atoms with E-state index in [9.17, 15) is 13.2 Å². The molecule has 0 fully saturated rings. The minimum Gasteiger partial charge on any atom is -0.496 e. The fourth-order valence-corrected chi connectivity index (χ4v) is 2.79. The first-order chi connectivity index (χ1) is 12.1. The zero-order valence-corrected chi connectivity index (χ0v) is 15.9. The molecule has 0 aliphatic rings. The monoisotopic (exact) mass is 365 g/mol.